The lowest BCUT2D eigenvalue weighted by atomic mass is 10.3. The van der Waals surface area contributed by atoms with E-state index in [1.807, 2.05) is 0 Å². The molecular weight excluding hydrogens is 304 g/mol. The first-order chi connectivity index (χ1) is 10.6. The first-order valence-electron chi connectivity index (χ1n) is 6.53. The normalized spacial score (nSPS) is 15.4. The fraction of sp³-hybridized carbons (Fsp3) is 0.286. The smallest absolute Gasteiger partial charge is 0.245 e. The molecule has 1 saturated heterocycles. The lowest BCUT2D eigenvalue weighted by Crippen LogP contribution is -2.40. The van der Waals surface area contributed by atoms with Gasteiger partial charge in [-0.25, -0.2) is 8.42 Å². The van der Waals surface area contributed by atoms with Crippen LogP contribution in [0, 0.1) is 22.7 Å². The van der Waals surface area contributed by atoms with Crippen LogP contribution in [0.25, 0.3) is 0 Å². The number of nitrogens with zero attached hydrogens (tertiary/aromatic N) is 3. The number of anilines is 1. The molecule has 0 radical (unpaired) electrons. The third kappa shape index (κ3) is 3.43. The molecule has 0 saturated carbocycles. The van der Waals surface area contributed by atoms with Crippen LogP contribution in [0.2, 0.25) is 0 Å². The number of para-hydroxylation sites is 1. The predicted octanol–water partition coefficient (Wildman–Crippen LogP) is 1.05. The van der Waals surface area contributed by atoms with E-state index in [1.165, 1.54) is 16.6 Å². The summed E-state index contributed by atoms with van der Waals surface area (Å²) < 4.78 is 31.9. The maximum absolute atomic E-state index is 12.7. The van der Waals surface area contributed by atoms with Crippen molar-refractivity contribution in [1.82, 2.24) is 4.31 Å². The van der Waals surface area contributed by atoms with Crippen LogP contribution in [0.5, 0.6) is 0 Å². The fourth-order valence-corrected chi connectivity index (χ4v) is 3.54. The average molecular weight is 318 g/mol. The Morgan fingerprint density at radius 3 is 2.50 bits per heavy atom. The summed E-state index contributed by atoms with van der Waals surface area (Å²) in [5.41, 5.74) is 0.176. The second-order valence-corrected chi connectivity index (χ2v) is 6.34. The molecule has 8 heteroatoms. The van der Waals surface area contributed by atoms with Gasteiger partial charge in [-0.15, -0.1) is 0 Å². The molecule has 1 aliphatic rings. The Balaban J connectivity index is 2.34. The Hall–Kier alpha value is -2.39. The van der Waals surface area contributed by atoms with Gasteiger partial charge in [-0.2, -0.15) is 14.8 Å². The van der Waals surface area contributed by atoms with Crippen LogP contribution in [0.15, 0.2) is 40.9 Å². The van der Waals surface area contributed by atoms with Gasteiger partial charge in [0.15, 0.2) is 0 Å². The highest BCUT2D eigenvalue weighted by molar-refractivity contribution is 7.89. The molecule has 1 fully saturated rings. The van der Waals surface area contributed by atoms with Crippen LogP contribution in [-0.2, 0) is 14.8 Å². The number of nitriles is 2. The molecule has 2 rings (SSSR count). The highest BCUT2D eigenvalue weighted by Gasteiger charge is 2.28. The van der Waals surface area contributed by atoms with Crippen LogP contribution in [-0.4, -0.2) is 39.0 Å². The largest absolute Gasteiger partial charge is 0.379 e. The van der Waals surface area contributed by atoms with E-state index in [1.54, 1.807) is 30.3 Å². The average Bonchev–Trinajstić information content (AvgIpc) is 2.57. The minimum Gasteiger partial charge on any atom is -0.379 e. The van der Waals surface area contributed by atoms with Crippen molar-refractivity contribution in [2.75, 3.05) is 31.6 Å². The van der Waals surface area contributed by atoms with Gasteiger partial charge in [-0.05, 0) is 12.1 Å². The predicted molar refractivity (Wildman–Crippen MR) is 79.0 cm³/mol. The highest BCUT2D eigenvalue weighted by Crippen LogP contribution is 2.25. The second-order valence-electron chi connectivity index (χ2n) is 4.44. The molecule has 1 N–H and O–H groups in total. The molecule has 0 unspecified atom stereocenters. The van der Waals surface area contributed by atoms with Crippen molar-refractivity contribution < 1.29 is 13.2 Å². The molecule has 1 aromatic carbocycles. The van der Waals surface area contributed by atoms with Gasteiger partial charge < -0.3 is 10.1 Å². The Bertz CT molecular complexity index is 737. The second kappa shape index (κ2) is 7.05. The Morgan fingerprint density at radius 1 is 1.23 bits per heavy atom. The van der Waals surface area contributed by atoms with Gasteiger partial charge in [-0.3, -0.25) is 0 Å². The van der Waals surface area contributed by atoms with Gasteiger partial charge in [0.25, 0.3) is 0 Å². The minimum absolute atomic E-state index is 0.100. The summed E-state index contributed by atoms with van der Waals surface area (Å²) in [7, 11) is -3.66. The van der Waals surface area contributed by atoms with Crippen molar-refractivity contribution in [2.24, 2.45) is 0 Å². The Kier molecular flexibility index (Phi) is 5.12. The highest BCUT2D eigenvalue weighted by atomic mass is 32.2. The zero-order chi connectivity index (χ0) is 16.0. The summed E-state index contributed by atoms with van der Waals surface area (Å²) in [6.45, 7) is 1.33. The van der Waals surface area contributed by atoms with Crippen LogP contribution in [0.1, 0.15) is 0 Å². The number of ether oxygens (including phenoxy) is 1. The first-order valence-corrected chi connectivity index (χ1v) is 7.97. The zero-order valence-corrected chi connectivity index (χ0v) is 12.5. The van der Waals surface area contributed by atoms with Crippen LogP contribution < -0.4 is 5.32 Å². The van der Waals surface area contributed by atoms with E-state index in [4.69, 9.17) is 15.3 Å². The summed E-state index contributed by atoms with van der Waals surface area (Å²) in [5, 5.41) is 20.1. The molecule has 0 aliphatic carbocycles. The number of allylic oxidation sites excluding steroid dienone is 1. The van der Waals surface area contributed by atoms with Crippen LogP contribution in [0.3, 0.4) is 0 Å². The summed E-state index contributed by atoms with van der Waals surface area (Å²) in [6.07, 6.45) is 1.19. The fourth-order valence-electron chi connectivity index (χ4n) is 1.98. The van der Waals surface area contributed by atoms with Gasteiger partial charge in [0, 0.05) is 19.3 Å². The van der Waals surface area contributed by atoms with E-state index >= 15 is 0 Å². The molecular formula is C14H14N4O3S. The lowest BCUT2D eigenvalue weighted by Gasteiger charge is -2.26. The number of sulfonamides is 1. The number of rotatable bonds is 4. The molecule has 1 aromatic rings. The third-order valence-electron chi connectivity index (χ3n) is 3.09. The number of nitrogens with one attached hydrogen (secondary N) is 1. The standard InChI is InChI=1S/C14H14N4O3S/c15-9-12(10-16)11-17-13-3-1-2-4-14(13)22(19,20)18-5-7-21-8-6-18/h1-4,11,17H,5-8H2. The van der Waals surface area contributed by atoms with Gasteiger partial charge in [0.05, 0.1) is 18.9 Å². The minimum atomic E-state index is -3.66. The number of hydrogen-bond donors (Lipinski definition) is 1. The van der Waals surface area contributed by atoms with Gasteiger partial charge in [0.1, 0.15) is 22.6 Å². The summed E-state index contributed by atoms with van der Waals surface area (Å²) in [6, 6.07) is 9.77. The monoisotopic (exact) mass is 318 g/mol. The number of morpholine rings is 1. The maximum Gasteiger partial charge on any atom is 0.245 e. The maximum atomic E-state index is 12.7. The van der Waals surface area contributed by atoms with E-state index in [9.17, 15) is 8.42 Å². The summed E-state index contributed by atoms with van der Waals surface area (Å²) in [4.78, 5) is 0.100. The van der Waals surface area contributed by atoms with Crippen molar-refractivity contribution >= 4 is 15.7 Å². The summed E-state index contributed by atoms with van der Waals surface area (Å²) in [5.74, 6) is 0. The zero-order valence-electron chi connectivity index (χ0n) is 11.7. The third-order valence-corrected chi connectivity index (χ3v) is 5.04. The molecule has 1 heterocycles. The molecule has 0 atom stereocenters. The molecule has 0 amide bonds. The van der Waals surface area contributed by atoms with E-state index in [2.05, 4.69) is 5.32 Å². The molecule has 114 valence electrons. The summed E-state index contributed by atoms with van der Waals surface area (Å²) >= 11 is 0. The van der Waals surface area contributed by atoms with Crippen molar-refractivity contribution in [3.63, 3.8) is 0 Å². The molecule has 0 aromatic heterocycles. The first kappa shape index (κ1) is 16.0. The Morgan fingerprint density at radius 2 is 1.86 bits per heavy atom. The van der Waals surface area contributed by atoms with E-state index in [0.717, 1.165) is 0 Å². The topological polar surface area (TPSA) is 106 Å². The van der Waals surface area contributed by atoms with Crippen LogP contribution in [0.4, 0.5) is 5.69 Å². The number of hydrogen-bond acceptors (Lipinski definition) is 6. The van der Waals surface area contributed by atoms with Crippen molar-refractivity contribution in [2.45, 2.75) is 4.90 Å². The molecule has 0 spiro atoms. The molecule has 1 aliphatic heterocycles. The van der Waals surface area contributed by atoms with Crippen LogP contribution >= 0.6 is 0 Å². The SMILES string of the molecule is N#CC(C#N)=CNc1ccccc1S(=O)(=O)N1CCOCC1. The number of benzene rings is 1. The van der Waals surface area contributed by atoms with E-state index < -0.39 is 10.0 Å². The van der Waals surface area contributed by atoms with Gasteiger partial charge >= 0.3 is 0 Å². The quantitative estimate of drug-likeness (QED) is 0.832. The van der Waals surface area contributed by atoms with Crippen molar-refractivity contribution in [1.29, 1.82) is 10.5 Å². The lowest BCUT2D eigenvalue weighted by molar-refractivity contribution is 0.0730. The van der Waals surface area contributed by atoms with E-state index in [-0.39, 0.29) is 10.5 Å². The molecule has 7 nitrogen and oxygen atoms in total. The van der Waals surface area contributed by atoms with Gasteiger partial charge in [-0.1, -0.05) is 12.1 Å². The molecule has 0 bridgehead atoms. The Labute approximate surface area is 129 Å². The van der Waals surface area contributed by atoms with Gasteiger partial charge in [0.2, 0.25) is 10.0 Å². The van der Waals surface area contributed by atoms with Crippen molar-refractivity contribution in [3.05, 3.63) is 36.0 Å². The molecule has 22 heavy (non-hydrogen) atoms. The van der Waals surface area contributed by atoms with Crippen molar-refractivity contribution in [3.8, 4) is 12.1 Å². The van der Waals surface area contributed by atoms with E-state index in [0.29, 0.717) is 32.0 Å².